The van der Waals surface area contributed by atoms with Crippen molar-refractivity contribution in [1.29, 1.82) is 0 Å². The van der Waals surface area contributed by atoms with E-state index in [4.69, 9.17) is 5.73 Å². The summed E-state index contributed by atoms with van der Waals surface area (Å²) in [5.41, 5.74) is 12.9. The number of benzene rings is 3. The van der Waals surface area contributed by atoms with E-state index >= 15 is 0 Å². The fourth-order valence-electron chi connectivity index (χ4n) is 2.81. The van der Waals surface area contributed by atoms with Crippen LogP contribution in [0, 0.1) is 0 Å². The number of nitrogen functional groups attached to an aromatic ring is 1. The SMILES string of the molecule is C/C(=N/Nc1ccc(S(=O)(=O)c2ccc(C(C)C)cc2)cc1)c1ccc(N)cc1. The van der Waals surface area contributed by atoms with Gasteiger partial charge in [-0.05, 0) is 72.5 Å². The van der Waals surface area contributed by atoms with E-state index in [-0.39, 0.29) is 4.90 Å². The third kappa shape index (κ3) is 4.84. The summed E-state index contributed by atoms with van der Waals surface area (Å²) in [7, 11) is -3.55. The first kappa shape index (κ1) is 20.6. The first-order valence-corrected chi connectivity index (χ1v) is 10.9. The summed E-state index contributed by atoms with van der Waals surface area (Å²) in [4.78, 5) is 0.541. The first-order valence-electron chi connectivity index (χ1n) is 9.38. The lowest BCUT2D eigenvalue weighted by Crippen LogP contribution is -2.03. The van der Waals surface area contributed by atoms with Gasteiger partial charge >= 0.3 is 0 Å². The molecule has 0 heterocycles. The molecule has 5 nitrogen and oxygen atoms in total. The molecule has 0 atom stereocenters. The molecule has 6 heteroatoms. The lowest BCUT2D eigenvalue weighted by atomic mass is 10.0. The summed E-state index contributed by atoms with van der Waals surface area (Å²) < 4.78 is 25.7. The fourth-order valence-corrected chi connectivity index (χ4v) is 4.07. The molecule has 0 aliphatic carbocycles. The van der Waals surface area contributed by atoms with Crippen LogP contribution in [0.3, 0.4) is 0 Å². The number of anilines is 2. The van der Waals surface area contributed by atoms with Crippen molar-refractivity contribution < 1.29 is 8.42 Å². The molecule has 3 rings (SSSR count). The number of nitrogens with two attached hydrogens (primary N) is 1. The number of hydrogen-bond donors (Lipinski definition) is 2. The van der Waals surface area contributed by atoms with E-state index < -0.39 is 9.84 Å². The second-order valence-electron chi connectivity index (χ2n) is 7.18. The largest absolute Gasteiger partial charge is 0.399 e. The van der Waals surface area contributed by atoms with E-state index in [1.165, 1.54) is 0 Å². The van der Waals surface area contributed by atoms with Crippen molar-refractivity contribution in [2.75, 3.05) is 11.2 Å². The van der Waals surface area contributed by atoms with Gasteiger partial charge in [0.2, 0.25) is 9.84 Å². The predicted molar refractivity (Wildman–Crippen MR) is 119 cm³/mol. The van der Waals surface area contributed by atoms with Crippen molar-refractivity contribution in [3.05, 3.63) is 83.9 Å². The fraction of sp³-hybridized carbons (Fsp3) is 0.174. The predicted octanol–water partition coefficient (Wildman–Crippen LogP) is 5.06. The number of rotatable bonds is 6. The molecule has 0 bridgehead atoms. The van der Waals surface area contributed by atoms with E-state index in [0.717, 1.165) is 16.8 Å². The van der Waals surface area contributed by atoms with Gasteiger partial charge in [-0.1, -0.05) is 38.1 Å². The van der Waals surface area contributed by atoms with Gasteiger partial charge in [0.25, 0.3) is 0 Å². The zero-order valence-corrected chi connectivity index (χ0v) is 17.6. The first-order chi connectivity index (χ1) is 13.8. The topological polar surface area (TPSA) is 84.5 Å². The molecule has 150 valence electrons. The van der Waals surface area contributed by atoms with Gasteiger partial charge in [0, 0.05) is 5.69 Å². The third-order valence-electron chi connectivity index (χ3n) is 4.70. The molecule has 3 aromatic carbocycles. The molecular formula is C23H25N3O2S. The summed E-state index contributed by atoms with van der Waals surface area (Å²) in [6.07, 6.45) is 0. The Labute approximate surface area is 172 Å². The smallest absolute Gasteiger partial charge is 0.206 e. The van der Waals surface area contributed by atoms with Gasteiger partial charge in [0.15, 0.2) is 0 Å². The summed E-state index contributed by atoms with van der Waals surface area (Å²) >= 11 is 0. The van der Waals surface area contributed by atoms with Crippen LogP contribution < -0.4 is 11.2 Å². The van der Waals surface area contributed by atoms with Crippen LogP contribution in [0.4, 0.5) is 11.4 Å². The second-order valence-corrected chi connectivity index (χ2v) is 9.13. The van der Waals surface area contributed by atoms with E-state index in [9.17, 15) is 8.42 Å². The minimum absolute atomic E-state index is 0.250. The third-order valence-corrected chi connectivity index (χ3v) is 6.49. The second kappa shape index (κ2) is 8.49. The number of nitrogens with zero attached hydrogens (tertiary/aromatic N) is 1. The van der Waals surface area contributed by atoms with E-state index in [0.29, 0.717) is 22.2 Å². The Balaban J connectivity index is 1.75. The molecular weight excluding hydrogens is 382 g/mol. The van der Waals surface area contributed by atoms with E-state index in [2.05, 4.69) is 24.4 Å². The van der Waals surface area contributed by atoms with Gasteiger partial charge < -0.3 is 5.73 Å². The number of nitrogens with one attached hydrogen (secondary N) is 1. The molecule has 0 spiro atoms. The summed E-state index contributed by atoms with van der Waals surface area (Å²) in [6.45, 7) is 6.04. The molecule has 0 saturated heterocycles. The number of hydrogen-bond acceptors (Lipinski definition) is 5. The van der Waals surface area contributed by atoms with Gasteiger partial charge in [-0.2, -0.15) is 5.10 Å². The summed E-state index contributed by atoms with van der Waals surface area (Å²) in [5.74, 6) is 0.356. The van der Waals surface area contributed by atoms with Crippen molar-refractivity contribution in [2.45, 2.75) is 36.5 Å². The van der Waals surface area contributed by atoms with Gasteiger partial charge in [-0.3, -0.25) is 5.43 Å². The molecule has 0 fully saturated rings. The average Bonchev–Trinajstić information content (AvgIpc) is 2.73. The Bertz CT molecular complexity index is 1100. The van der Waals surface area contributed by atoms with Gasteiger partial charge in [-0.15, -0.1) is 0 Å². The van der Waals surface area contributed by atoms with Crippen LogP contribution in [-0.2, 0) is 9.84 Å². The number of sulfone groups is 1. The zero-order chi connectivity index (χ0) is 21.0. The highest BCUT2D eigenvalue weighted by Gasteiger charge is 2.17. The summed E-state index contributed by atoms with van der Waals surface area (Å²) in [5, 5.41) is 4.35. The highest BCUT2D eigenvalue weighted by Crippen LogP contribution is 2.24. The molecule has 0 unspecified atom stereocenters. The molecule has 3 aromatic rings. The monoisotopic (exact) mass is 407 g/mol. The standard InChI is InChI=1S/C23H25N3O2S/c1-16(2)18-6-12-22(13-7-18)29(27,28)23-14-10-21(11-15-23)26-25-17(3)19-4-8-20(24)9-5-19/h4-16,26H,24H2,1-3H3/b25-17-. The maximum absolute atomic E-state index is 12.8. The lowest BCUT2D eigenvalue weighted by Gasteiger charge is -2.09. The summed E-state index contributed by atoms with van der Waals surface area (Å²) in [6, 6.07) is 21.1. The van der Waals surface area contributed by atoms with Crippen molar-refractivity contribution in [3.8, 4) is 0 Å². The molecule has 0 aliphatic heterocycles. The van der Waals surface area contributed by atoms with Gasteiger partial charge in [0.05, 0.1) is 21.2 Å². The van der Waals surface area contributed by atoms with Crippen LogP contribution in [-0.4, -0.2) is 14.1 Å². The Kier molecular flexibility index (Phi) is 6.03. The molecule has 0 aliphatic rings. The number of hydrazone groups is 1. The Morgan fingerprint density at radius 3 is 1.90 bits per heavy atom. The van der Waals surface area contributed by atoms with Crippen LogP contribution in [0.1, 0.15) is 37.8 Å². The van der Waals surface area contributed by atoms with Gasteiger partial charge in [-0.25, -0.2) is 8.42 Å². The van der Waals surface area contributed by atoms with Crippen molar-refractivity contribution in [1.82, 2.24) is 0 Å². The van der Waals surface area contributed by atoms with E-state index in [1.54, 1.807) is 36.4 Å². The highest BCUT2D eigenvalue weighted by molar-refractivity contribution is 7.91. The Hall–Kier alpha value is -3.12. The van der Waals surface area contributed by atoms with Crippen molar-refractivity contribution in [2.24, 2.45) is 5.10 Å². The zero-order valence-electron chi connectivity index (χ0n) is 16.8. The Morgan fingerprint density at radius 1 is 0.862 bits per heavy atom. The minimum Gasteiger partial charge on any atom is -0.399 e. The minimum atomic E-state index is -3.55. The van der Waals surface area contributed by atoms with Crippen molar-refractivity contribution >= 4 is 26.9 Å². The van der Waals surface area contributed by atoms with Gasteiger partial charge in [0.1, 0.15) is 0 Å². The normalized spacial score (nSPS) is 12.2. The van der Waals surface area contributed by atoms with Crippen LogP contribution in [0.5, 0.6) is 0 Å². The Morgan fingerprint density at radius 2 is 1.38 bits per heavy atom. The molecule has 0 saturated carbocycles. The maximum Gasteiger partial charge on any atom is 0.206 e. The maximum atomic E-state index is 12.8. The van der Waals surface area contributed by atoms with Crippen LogP contribution >= 0.6 is 0 Å². The lowest BCUT2D eigenvalue weighted by molar-refractivity contribution is 0.596. The van der Waals surface area contributed by atoms with Crippen molar-refractivity contribution in [3.63, 3.8) is 0 Å². The van der Waals surface area contributed by atoms with E-state index in [1.807, 2.05) is 43.3 Å². The van der Waals surface area contributed by atoms with Crippen LogP contribution in [0.25, 0.3) is 0 Å². The molecule has 0 radical (unpaired) electrons. The highest BCUT2D eigenvalue weighted by atomic mass is 32.2. The average molecular weight is 408 g/mol. The van der Waals surface area contributed by atoms with Crippen LogP contribution in [0.2, 0.25) is 0 Å². The quantitative estimate of drug-likeness (QED) is 0.340. The molecule has 0 aromatic heterocycles. The van der Waals surface area contributed by atoms with Crippen LogP contribution in [0.15, 0.2) is 87.7 Å². The molecule has 3 N–H and O–H groups in total. The molecule has 29 heavy (non-hydrogen) atoms. The molecule has 0 amide bonds.